The van der Waals surface area contributed by atoms with Crippen molar-refractivity contribution in [2.75, 3.05) is 0 Å². The van der Waals surface area contributed by atoms with Crippen molar-refractivity contribution in [3.8, 4) is 0 Å². The van der Waals surface area contributed by atoms with Gasteiger partial charge in [-0.1, -0.05) is 48.0 Å². The van der Waals surface area contributed by atoms with Gasteiger partial charge in [0.1, 0.15) is 0 Å². The summed E-state index contributed by atoms with van der Waals surface area (Å²) in [6, 6.07) is 20.2. The summed E-state index contributed by atoms with van der Waals surface area (Å²) in [6.45, 7) is 0.505. The third kappa shape index (κ3) is 7.85. The average Bonchev–Trinajstić information content (AvgIpc) is 2.73. The van der Waals surface area contributed by atoms with Crippen LogP contribution in [0.4, 0.5) is 0 Å². The molecule has 0 bridgehead atoms. The molecule has 1 heterocycles. The monoisotopic (exact) mass is 393 g/mol. The van der Waals surface area contributed by atoms with Crippen LogP contribution < -0.4 is 11.1 Å². The van der Waals surface area contributed by atoms with E-state index in [4.69, 9.17) is 17.3 Å². The fraction of sp³-hybridized carbons (Fsp3) is 0.0455. The second-order valence-electron chi connectivity index (χ2n) is 5.70. The Kier molecular flexibility index (Phi) is 8.43. The van der Waals surface area contributed by atoms with Crippen molar-refractivity contribution in [3.63, 3.8) is 0 Å². The lowest BCUT2D eigenvalue weighted by molar-refractivity contribution is -0.113. The highest BCUT2D eigenvalue weighted by Crippen LogP contribution is 2.09. The highest BCUT2D eigenvalue weighted by molar-refractivity contribution is 6.30. The van der Waals surface area contributed by atoms with Gasteiger partial charge < -0.3 is 11.1 Å². The van der Waals surface area contributed by atoms with Crippen molar-refractivity contribution < 1.29 is 9.59 Å². The van der Waals surface area contributed by atoms with Crippen molar-refractivity contribution in [2.24, 2.45) is 5.73 Å². The molecule has 3 rings (SSSR count). The zero-order valence-corrected chi connectivity index (χ0v) is 15.8. The normalized spacial score (nSPS) is 10.0. The molecule has 0 aliphatic heterocycles. The molecule has 0 unspecified atom stereocenters. The predicted molar refractivity (Wildman–Crippen MR) is 112 cm³/mol. The molecule has 2 amide bonds. The highest BCUT2D eigenvalue weighted by Gasteiger charge is 2.03. The van der Waals surface area contributed by atoms with Crippen molar-refractivity contribution in [1.82, 2.24) is 10.3 Å². The maximum Gasteiger partial charge on any atom is 0.251 e. The summed E-state index contributed by atoms with van der Waals surface area (Å²) in [7, 11) is 0. The number of primary amides is 1. The summed E-state index contributed by atoms with van der Waals surface area (Å²) in [5, 5.41) is 3.55. The van der Waals surface area contributed by atoms with Gasteiger partial charge in [-0.05, 0) is 47.5 Å². The molecule has 3 aromatic rings. The van der Waals surface area contributed by atoms with Gasteiger partial charge in [0.2, 0.25) is 5.91 Å². The fourth-order valence-electron chi connectivity index (χ4n) is 2.13. The van der Waals surface area contributed by atoms with Crippen LogP contribution in [0.2, 0.25) is 5.02 Å². The maximum atomic E-state index is 11.7. The minimum Gasteiger partial charge on any atom is -0.366 e. The van der Waals surface area contributed by atoms with Crippen LogP contribution in [-0.4, -0.2) is 16.8 Å². The third-order valence-electron chi connectivity index (χ3n) is 3.53. The largest absolute Gasteiger partial charge is 0.366 e. The van der Waals surface area contributed by atoms with Crippen LogP contribution in [0.1, 0.15) is 21.5 Å². The molecule has 0 aliphatic rings. The van der Waals surface area contributed by atoms with E-state index in [9.17, 15) is 9.59 Å². The lowest BCUT2D eigenvalue weighted by atomic mass is 10.2. The van der Waals surface area contributed by atoms with Gasteiger partial charge in [-0.15, -0.1) is 0 Å². The maximum absolute atomic E-state index is 11.7. The Morgan fingerprint density at radius 3 is 2.32 bits per heavy atom. The third-order valence-corrected chi connectivity index (χ3v) is 3.78. The smallest absolute Gasteiger partial charge is 0.251 e. The predicted octanol–water partition coefficient (Wildman–Crippen LogP) is 3.85. The first-order valence-corrected chi connectivity index (χ1v) is 8.87. The topological polar surface area (TPSA) is 85.1 Å². The lowest BCUT2D eigenvalue weighted by Gasteiger charge is -2.05. The van der Waals surface area contributed by atoms with E-state index in [1.165, 1.54) is 6.08 Å². The average molecular weight is 394 g/mol. The van der Waals surface area contributed by atoms with E-state index in [0.29, 0.717) is 17.1 Å². The van der Waals surface area contributed by atoms with E-state index in [0.717, 1.165) is 11.1 Å². The van der Waals surface area contributed by atoms with Crippen LogP contribution in [0.15, 0.2) is 85.2 Å². The number of carbonyl (C=O) groups is 2. The SMILES string of the molecule is NC(=O)/C=C/c1cccnc1.O=C(NCc1ccc(Cl)cc1)c1ccccc1. The highest BCUT2D eigenvalue weighted by atomic mass is 35.5. The number of nitrogens with one attached hydrogen (secondary N) is 1. The summed E-state index contributed by atoms with van der Waals surface area (Å²) in [6.07, 6.45) is 6.24. The molecule has 0 radical (unpaired) electrons. The van der Waals surface area contributed by atoms with Gasteiger partial charge in [0.05, 0.1) is 0 Å². The zero-order chi connectivity index (χ0) is 20.2. The minimum absolute atomic E-state index is 0.0689. The van der Waals surface area contributed by atoms with Gasteiger partial charge in [-0.2, -0.15) is 0 Å². The molecule has 0 atom stereocenters. The van der Waals surface area contributed by atoms with Crippen molar-refractivity contribution in [1.29, 1.82) is 0 Å². The van der Waals surface area contributed by atoms with Gasteiger partial charge in [0.25, 0.3) is 5.91 Å². The second-order valence-corrected chi connectivity index (χ2v) is 6.13. The Balaban J connectivity index is 0.000000221. The van der Waals surface area contributed by atoms with Crippen LogP contribution in [-0.2, 0) is 11.3 Å². The van der Waals surface area contributed by atoms with Crippen LogP contribution in [0.5, 0.6) is 0 Å². The molecule has 3 N–H and O–H groups in total. The number of hydrogen-bond donors (Lipinski definition) is 2. The Bertz CT molecular complexity index is 912. The Hall–Kier alpha value is -3.44. The number of amides is 2. The number of pyridine rings is 1. The molecule has 1 aromatic heterocycles. The molecule has 0 aliphatic carbocycles. The van der Waals surface area contributed by atoms with Crippen molar-refractivity contribution in [3.05, 3.63) is 107 Å². The number of nitrogens with zero attached hydrogens (tertiary/aromatic N) is 1. The second kappa shape index (κ2) is 11.3. The first kappa shape index (κ1) is 20.9. The molecular formula is C22H20ClN3O2. The van der Waals surface area contributed by atoms with Gasteiger partial charge >= 0.3 is 0 Å². The first-order chi connectivity index (χ1) is 13.5. The van der Waals surface area contributed by atoms with Gasteiger partial charge in [-0.25, -0.2) is 0 Å². The summed E-state index contributed by atoms with van der Waals surface area (Å²) in [4.78, 5) is 25.9. The first-order valence-electron chi connectivity index (χ1n) is 8.50. The minimum atomic E-state index is -0.450. The molecule has 0 fully saturated rings. The number of halogens is 1. The standard InChI is InChI=1S/C14H12ClNO.C8H8N2O/c15-13-8-6-11(7-9-13)10-16-14(17)12-4-2-1-3-5-12;9-8(11)4-3-7-2-1-5-10-6-7/h1-9H,10H2,(H,16,17);1-6H,(H2,9,11)/b;4-3+. The van der Waals surface area contributed by atoms with E-state index < -0.39 is 5.91 Å². The Labute approximate surface area is 168 Å². The van der Waals surface area contributed by atoms with Gasteiger partial charge in [-0.3, -0.25) is 14.6 Å². The number of hydrogen-bond acceptors (Lipinski definition) is 3. The molecule has 2 aromatic carbocycles. The van der Waals surface area contributed by atoms with Crippen molar-refractivity contribution >= 4 is 29.5 Å². The molecule has 0 saturated heterocycles. The molecule has 6 heteroatoms. The molecule has 0 spiro atoms. The van der Waals surface area contributed by atoms with E-state index >= 15 is 0 Å². The van der Waals surface area contributed by atoms with Crippen LogP contribution in [0, 0.1) is 0 Å². The van der Waals surface area contributed by atoms with Crippen molar-refractivity contribution in [2.45, 2.75) is 6.54 Å². The van der Waals surface area contributed by atoms with E-state index in [1.54, 1.807) is 36.7 Å². The quantitative estimate of drug-likeness (QED) is 0.645. The number of nitrogens with two attached hydrogens (primary N) is 1. The van der Waals surface area contributed by atoms with E-state index in [1.807, 2.05) is 48.5 Å². The number of benzene rings is 2. The van der Waals surface area contributed by atoms with Crippen LogP contribution in [0.3, 0.4) is 0 Å². The van der Waals surface area contributed by atoms with Crippen LogP contribution in [0.25, 0.3) is 6.08 Å². The van der Waals surface area contributed by atoms with E-state index in [-0.39, 0.29) is 5.91 Å². The summed E-state index contributed by atoms with van der Waals surface area (Å²) < 4.78 is 0. The lowest BCUT2D eigenvalue weighted by Crippen LogP contribution is -2.22. The summed E-state index contributed by atoms with van der Waals surface area (Å²) >= 11 is 5.78. The molecule has 5 nitrogen and oxygen atoms in total. The number of aromatic nitrogens is 1. The molecule has 28 heavy (non-hydrogen) atoms. The zero-order valence-electron chi connectivity index (χ0n) is 15.1. The molecule has 142 valence electrons. The molecular weight excluding hydrogens is 374 g/mol. The Morgan fingerprint density at radius 1 is 1.00 bits per heavy atom. The number of rotatable bonds is 5. The summed E-state index contributed by atoms with van der Waals surface area (Å²) in [5.74, 6) is -0.519. The fourth-order valence-corrected chi connectivity index (χ4v) is 2.26. The van der Waals surface area contributed by atoms with E-state index in [2.05, 4.69) is 10.3 Å². The van der Waals surface area contributed by atoms with Gasteiger partial charge in [0.15, 0.2) is 0 Å². The molecule has 0 saturated carbocycles. The summed E-state index contributed by atoms with van der Waals surface area (Å²) in [5.41, 5.74) is 7.46. The Morgan fingerprint density at radius 2 is 1.71 bits per heavy atom. The number of carbonyl (C=O) groups excluding carboxylic acids is 2. The van der Waals surface area contributed by atoms with Gasteiger partial charge in [0, 0.05) is 35.6 Å². The van der Waals surface area contributed by atoms with Crippen LogP contribution >= 0.6 is 11.6 Å².